The molecule has 3 radical (unpaired) electrons. The first kappa shape index (κ1) is 108. The van der Waals surface area contributed by atoms with Crippen LogP contribution in [0, 0.1) is 210 Å². The van der Waals surface area contributed by atoms with Gasteiger partial charge in [-0.2, -0.15) is 12.8 Å². The van der Waals surface area contributed by atoms with Gasteiger partial charge < -0.3 is 60.3 Å². The maximum Gasteiger partial charge on any atom is 2.00 e. The fourth-order valence-corrected chi connectivity index (χ4v) is 40.7. The Kier molecular flexibility index (Phi) is 36.0. The molecule has 0 spiro atoms. The van der Waals surface area contributed by atoms with Crippen LogP contribution in [0.1, 0.15) is 472 Å². The minimum Gasteiger partial charge on any atom is -1.00 e. The first-order chi connectivity index (χ1) is 58.9. The number of Topliss-reactive ketones (excluding diaryl/α,β-unsaturated/α-hetero) is 1. The minimum absolute atomic E-state index is 0. The third-order valence-corrected chi connectivity index (χ3v) is 49.0. The zero-order valence-corrected chi connectivity index (χ0v) is 91.2. The number of hydrogen-bond donors (Lipinski definition) is 6. The Morgan fingerprint density at radius 3 is 0.875 bits per heavy atom. The fraction of sp³-hybridized carbons (Fsp3) is 0.974. The first-order valence-electron chi connectivity index (χ1n) is 56.0. The summed E-state index contributed by atoms with van der Waals surface area (Å²) in [6.07, 6.45) is 73.8. The molecule has 6 N–H and O–H groups in total. The van der Waals surface area contributed by atoms with Crippen molar-refractivity contribution in [2.75, 3.05) is 0 Å². The van der Waals surface area contributed by atoms with Crippen LogP contribution in [0.25, 0.3) is 0 Å². The van der Waals surface area contributed by atoms with Crippen molar-refractivity contribution >= 4 is 43.5 Å². The Morgan fingerprint density at radius 1 is 0.344 bits per heavy atom. The van der Waals surface area contributed by atoms with Crippen LogP contribution in [-0.4, -0.2) is 109 Å². The quantitative estimate of drug-likeness (QED) is 0.0538. The van der Waals surface area contributed by atoms with Crippen LogP contribution in [0.4, 0.5) is 0 Å². The molecular formula is C116H198BBrMgNaO8. The van der Waals surface area contributed by atoms with Gasteiger partial charge >= 0.3 is 52.6 Å². The number of rotatable bonds is 15. The second-order valence-electron chi connectivity index (χ2n) is 53.2. The predicted molar refractivity (Wildman–Crippen MR) is 523 cm³/mol. The molecular weight excluding hydrogens is 1660 g/mol. The van der Waals surface area contributed by atoms with Gasteiger partial charge in [0.15, 0.2) is 0 Å². The van der Waals surface area contributed by atoms with Crippen LogP contribution in [0.5, 0.6) is 0 Å². The summed E-state index contributed by atoms with van der Waals surface area (Å²) in [4.78, 5) is 24.8. The van der Waals surface area contributed by atoms with Crippen molar-refractivity contribution < 1.29 is 88.2 Å². The molecule has 8 nitrogen and oxygen atoms in total. The van der Waals surface area contributed by atoms with Crippen molar-refractivity contribution in [3.05, 3.63) is 6.42 Å². The molecule has 0 saturated heterocycles. The van der Waals surface area contributed by atoms with Crippen LogP contribution < -0.4 is 46.5 Å². The number of aldehydes is 1. The standard InChI is InChI=1S/2C29H50O2.C29H48O2.C24H40O2.C5H9.B.BrH.Mg.Na.H/c3*1-5-29(31)17-16-27(3)21(18-29)10-11-22-24-13-12-23(28(24,4)15-14-25(22)27)19(2)26(30)20-8-6-7-9-20;1-5-24(26)13-12-22(3)17(14-24)6-7-18-20-9-8-19(16(2)15-25)23(20,4)11-10-21(18)22;1-2-4-5-3-1;;;;;/h2*19-26,30-31H,5-18H2,1-4H3;19-25,31H,5-18H2,1-4H3;15-21,26H,5-14H2,1-4H3;1H,2-5H2;;1H;;;/q;;;;-1;;;+2;+1;-1/p-1/t19-,21-,22-,23+,24-,25-,26?,27-,28+,29-;19-,21-,22-,23+,24-,25-,26-,27-,28+,29-;19-,21-,22-,23+,24-,25-,27-,28+,29-;16-,17+,18+,19-,20+,21+,22+,23-,24+;;;;;;/m0001....../s1. The van der Waals surface area contributed by atoms with Gasteiger partial charge in [-0.3, -0.25) is 4.79 Å². The average Bonchev–Trinajstić information content (AvgIpc) is 1.69. The van der Waals surface area contributed by atoms with Crippen molar-refractivity contribution in [2.45, 2.75) is 505 Å². The summed E-state index contributed by atoms with van der Waals surface area (Å²) in [6, 6.07) is 0. The molecule has 0 aromatic heterocycles. The number of carbonyl (C=O) groups excluding carboxylic acids is 2. The van der Waals surface area contributed by atoms with Crippen molar-refractivity contribution in [2.24, 2.45) is 203 Å². The molecule has 1 unspecified atom stereocenters. The normalized spacial score (nSPS) is 49.7. The smallest absolute Gasteiger partial charge is 1.00 e. The molecule has 20 aliphatic carbocycles. The summed E-state index contributed by atoms with van der Waals surface area (Å²) in [5, 5.41) is 66.5. The van der Waals surface area contributed by atoms with E-state index in [1.54, 1.807) is 0 Å². The molecule has 128 heavy (non-hydrogen) atoms. The van der Waals surface area contributed by atoms with E-state index in [1.165, 1.54) is 276 Å². The van der Waals surface area contributed by atoms with E-state index in [0.717, 1.165) is 196 Å². The molecule has 0 bridgehead atoms. The van der Waals surface area contributed by atoms with Gasteiger partial charge in [0.2, 0.25) is 0 Å². The van der Waals surface area contributed by atoms with Gasteiger partial charge in [0.25, 0.3) is 0 Å². The summed E-state index contributed by atoms with van der Waals surface area (Å²) in [7, 11) is 0. The summed E-state index contributed by atoms with van der Waals surface area (Å²) < 4.78 is 0. The van der Waals surface area contributed by atoms with Gasteiger partial charge in [0.1, 0.15) is 12.1 Å². The minimum atomic E-state index is -0.394. The molecule has 0 aliphatic heterocycles. The number of aliphatic hydroxyl groups excluding tert-OH is 2. The van der Waals surface area contributed by atoms with Crippen molar-refractivity contribution in [3.8, 4) is 0 Å². The molecule has 0 amide bonds. The van der Waals surface area contributed by atoms with E-state index in [2.05, 4.69) is 117 Å². The van der Waals surface area contributed by atoms with Crippen LogP contribution in [0.15, 0.2) is 0 Å². The number of aliphatic hydroxyl groups is 6. The van der Waals surface area contributed by atoms with Crippen LogP contribution in [0.2, 0.25) is 0 Å². The topological polar surface area (TPSA) is 156 Å². The van der Waals surface area contributed by atoms with Gasteiger partial charge in [-0.05, 0) is 481 Å². The zero-order valence-electron chi connectivity index (χ0n) is 87.2. The molecule has 20 fully saturated rings. The van der Waals surface area contributed by atoms with Crippen molar-refractivity contribution in [1.29, 1.82) is 0 Å². The van der Waals surface area contributed by atoms with Crippen LogP contribution >= 0.6 is 0 Å². The maximum absolute atomic E-state index is 13.3. The van der Waals surface area contributed by atoms with E-state index < -0.39 is 11.2 Å². The fourth-order valence-electron chi connectivity index (χ4n) is 40.7. The van der Waals surface area contributed by atoms with Gasteiger partial charge in [-0.15, -0.1) is 0 Å². The predicted octanol–water partition coefficient (Wildman–Crippen LogP) is 21.9. The Balaban J connectivity index is 0.000000161. The Hall–Kier alpha value is 1.41. The molecule has 723 valence electrons. The zero-order chi connectivity index (χ0) is 88.3. The summed E-state index contributed by atoms with van der Waals surface area (Å²) in [6.45, 7) is 38.7. The largest absolute Gasteiger partial charge is 2.00 e. The van der Waals surface area contributed by atoms with E-state index in [-0.39, 0.29) is 115 Å². The van der Waals surface area contributed by atoms with E-state index in [0.29, 0.717) is 90.5 Å². The average molecular weight is 1860 g/mol. The molecule has 0 aromatic carbocycles. The third kappa shape index (κ3) is 19.7. The molecule has 38 atom stereocenters. The van der Waals surface area contributed by atoms with Gasteiger partial charge in [0.05, 0.1) is 34.6 Å². The number of halogens is 1. The molecule has 0 heterocycles. The van der Waals surface area contributed by atoms with Crippen LogP contribution in [0.3, 0.4) is 0 Å². The number of fused-ring (bicyclic) bond motifs is 20. The summed E-state index contributed by atoms with van der Waals surface area (Å²) >= 11 is 0. The maximum atomic E-state index is 13.3. The number of ketones is 1. The van der Waals surface area contributed by atoms with Crippen molar-refractivity contribution in [1.82, 2.24) is 0 Å². The van der Waals surface area contributed by atoms with E-state index in [9.17, 15) is 40.2 Å². The molecule has 20 rings (SSSR count). The van der Waals surface area contributed by atoms with Crippen LogP contribution in [-0.2, 0) is 9.59 Å². The molecule has 20 aliphatic rings. The monoisotopic (exact) mass is 1860 g/mol. The Morgan fingerprint density at radius 2 is 0.602 bits per heavy atom. The summed E-state index contributed by atoms with van der Waals surface area (Å²) in [5.41, 5.74) is 1.92. The van der Waals surface area contributed by atoms with E-state index >= 15 is 0 Å². The summed E-state index contributed by atoms with van der Waals surface area (Å²) in [5.74, 6) is 19.5. The SMILES string of the molecule is CC[C@]1(O)CC[C@@]2(C)[C@@H](CC[C@@H]3[C@@H]2CC[C@]2(C)[C@@H]([C@H](C)C(=O)C4CCCC4)CC[C@@H]32)C1.CC[C@]1(O)CC[C@@]2(C)[C@@H](CC[C@@H]3[C@@H]2CC[C@]2(C)[C@@H]([C@H](C)C(O)C4CCCC4)CC[C@@H]32)C1.CC[C@]1(O)CC[C@@]2(C)[C@@H](CC[C@@H]3[C@@H]2CC[C@]2(C)[C@@H]([C@H](C)C=O)CC[C@@H]32)C1.CC[C@]1(O)CC[C@@]2(C)[C@@H](CC[C@@H]3[C@@H]2CC[C@]2(C)[C@@H]([C@H](C)[C@H](O)C4CCCC4)CC[C@@H]32)C1.[B].[Br-].[CH-]1CCCC1.[H-].[Mg+2].[Na+]. The first-order valence-corrected chi connectivity index (χ1v) is 56.0. The second-order valence-corrected chi connectivity index (χ2v) is 53.2. The molecule has 0 aromatic rings. The van der Waals surface area contributed by atoms with Crippen molar-refractivity contribution in [3.63, 3.8) is 0 Å². The van der Waals surface area contributed by atoms with Gasteiger partial charge in [-0.25, -0.2) is 0 Å². The number of carbonyl (C=O) groups is 2. The Labute approximate surface area is 839 Å². The molecule has 12 heteroatoms. The van der Waals surface area contributed by atoms with Gasteiger partial charge in [0, 0.05) is 26.2 Å². The molecule has 20 saturated carbocycles. The second kappa shape index (κ2) is 42.5. The third-order valence-electron chi connectivity index (χ3n) is 49.0. The van der Waals surface area contributed by atoms with Gasteiger partial charge in [-0.1, -0.05) is 162 Å². The number of hydrogen-bond acceptors (Lipinski definition) is 8. The Bertz CT molecular complexity index is 3450. The van der Waals surface area contributed by atoms with E-state index in [4.69, 9.17) is 0 Å². The van der Waals surface area contributed by atoms with E-state index in [1.807, 2.05) is 0 Å².